The second kappa shape index (κ2) is 14.8. The van der Waals surface area contributed by atoms with Crippen molar-refractivity contribution in [3.8, 4) is 16.5 Å². The molecule has 2 heterocycles. The van der Waals surface area contributed by atoms with Crippen molar-refractivity contribution in [2.75, 3.05) is 44.6 Å². The first-order chi connectivity index (χ1) is 23.3. The van der Waals surface area contributed by atoms with Crippen LogP contribution in [0.5, 0.6) is 0 Å². The fourth-order valence-electron chi connectivity index (χ4n) is 5.45. The molecule has 0 bridgehead atoms. The first kappa shape index (κ1) is 38.3. The molecule has 1 amide bonds. The molecule has 0 atom stereocenters. The van der Waals surface area contributed by atoms with E-state index in [2.05, 4.69) is 11.4 Å². The first-order valence-corrected chi connectivity index (χ1v) is 16.2. The smallest absolute Gasteiger partial charge is 0.416 e. The summed E-state index contributed by atoms with van der Waals surface area (Å²) < 4.78 is 100. The second-order valence-corrected chi connectivity index (χ2v) is 13.3. The van der Waals surface area contributed by atoms with Crippen LogP contribution in [0.4, 0.5) is 36.4 Å². The van der Waals surface area contributed by atoms with Crippen molar-refractivity contribution in [3.63, 3.8) is 0 Å². The maximum atomic E-state index is 14.0. The molecule has 1 N–H and O–H groups in total. The van der Waals surface area contributed by atoms with Crippen LogP contribution >= 0.6 is 11.3 Å². The van der Waals surface area contributed by atoms with Crippen LogP contribution in [0.15, 0.2) is 36.4 Å². The molecule has 2 aromatic carbocycles. The number of nitrogens with zero attached hydrogens (tertiary/aromatic N) is 3. The summed E-state index contributed by atoms with van der Waals surface area (Å²) in [6.45, 7) is 6.52. The van der Waals surface area contributed by atoms with Crippen molar-refractivity contribution < 1.29 is 49.9 Å². The van der Waals surface area contributed by atoms with Gasteiger partial charge < -0.3 is 15.0 Å². The largest absolute Gasteiger partial charge is 0.459 e. The molecule has 1 saturated heterocycles. The number of nitrogens with one attached hydrogen (secondary N) is 1. The van der Waals surface area contributed by atoms with Gasteiger partial charge in [0.05, 0.1) is 45.8 Å². The molecule has 8 nitrogen and oxygen atoms in total. The number of esters is 1. The number of alkyl halides is 6. The van der Waals surface area contributed by atoms with Gasteiger partial charge in [0.25, 0.3) is 0 Å². The van der Waals surface area contributed by atoms with Crippen molar-refractivity contribution in [2.45, 2.75) is 52.0 Å². The van der Waals surface area contributed by atoms with E-state index in [1.807, 2.05) is 4.90 Å². The Balaban J connectivity index is 1.65. The van der Waals surface area contributed by atoms with E-state index in [0.717, 1.165) is 0 Å². The van der Waals surface area contributed by atoms with Crippen LogP contribution < -0.4 is 5.32 Å². The van der Waals surface area contributed by atoms with E-state index in [0.29, 0.717) is 46.1 Å². The Morgan fingerprint density at radius 2 is 1.52 bits per heavy atom. The molecule has 0 saturated carbocycles. The number of halogens is 7. The van der Waals surface area contributed by atoms with Crippen molar-refractivity contribution in [1.82, 2.24) is 9.80 Å². The van der Waals surface area contributed by atoms with Crippen molar-refractivity contribution >= 4 is 34.7 Å². The average Bonchev–Trinajstić information content (AvgIpc) is 3.38. The normalized spacial score (nSPS) is 14.3. The number of hydrogen-bond donors (Lipinski definition) is 1. The summed E-state index contributed by atoms with van der Waals surface area (Å²) in [5, 5.41) is 13.2. The molecule has 1 aromatic heterocycles. The average molecular weight is 727 g/mol. The predicted molar refractivity (Wildman–Crippen MR) is 171 cm³/mol. The molecule has 1 aliphatic rings. The molecule has 1 fully saturated rings. The minimum Gasteiger partial charge on any atom is -0.459 e. The highest BCUT2D eigenvalue weighted by molar-refractivity contribution is 7.16. The minimum absolute atomic E-state index is 0.0101. The summed E-state index contributed by atoms with van der Waals surface area (Å²) >= 11 is 1.20. The number of anilines is 1. The third-order valence-electron chi connectivity index (χ3n) is 8.43. The van der Waals surface area contributed by atoms with Crippen LogP contribution in [0.2, 0.25) is 0 Å². The van der Waals surface area contributed by atoms with Gasteiger partial charge in [0, 0.05) is 37.6 Å². The topological polar surface area (TPSA) is 103 Å². The predicted octanol–water partition coefficient (Wildman–Crippen LogP) is 6.94. The zero-order valence-corrected chi connectivity index (χ0v) is 28.3. The van der Waals surface area contributed by atoms with Crippen molar-refractivity contribution in [3.05, 3.63) is 74.9 Å². The first-order valence-electron chi connectivity index (χ1n) is 15.4. The highest BCUT2D eigenvalue weighted by Crippen LogP contribution is 2.44. The number of amides is 1. The number of ether oxygens (including phenoxy) is 1. The van der Waals surface area contributed by atoms with Crippen LogP contribution in [-0.2, 0) is 43.4 Å². The minimum atomic E-state index is -5.10. The van der Waals surface area contributed by atoms with Crippen LogP contribution in [0.3, 0.4) is 0 Å². The number of ketones is 1. The maximum Gasteiger partial charge on any atom is 0.416 e. The number of rotatable bonds is 9. The van der Waals surface area contributed by atoms with Crippen LogP contribution in [0, 0.1) is 24.1 Å². The zero-order valence-electron chi connectivity index (χ0n) is 27.4. The lowest BCUT2D eigenvalue weighted by molar-refractivity contribution is -0.160. The summed E-state index contributed by atoms with van der Waals surface area (Å²) in [5.41, 5.74) is -4.04. The maximum absolute atomic E-state index is 14.0. The number of piperazine rings is 1. The lowest BCUT2D eigenvalue weighted by Crippen LogP contribution is -2.50. The summed E-state index contributed by atoms with van der Waals surface area (Å²) in [4.78, 5) is 42.2. The van der Waals surface area contributed by atoms with Crippen LogP contribution in [0.1, 0.15) is 53.5 Å². The molecule has 16 heteroatoms. The number of benzene rings is 2. The SMILES string of the molecule is CCOC(=O)C(=O)N1CCN(Cc2sc(-c3ccc(F)cc3C)c(NCC(=O)C(C)(C)c3cc(C(F)(F)F)cc(C(F)(F)F)c3)c2C#N)CC1. The van der Waals surface area contributed by atoms with Crippen molar-refractivity contribution in [2.24, 2.45) is 0 Å². The van der Waals surface area contributed by atoms with E-state index in [-0.39, 0.29) is 43.6 Å². The number of aryl methyl sites for hydroxylation is 1. The van der Waals surface area contributed by atoms with Crippen LogP contribution in [0.25, 0.3) is 10.4 Å². The van der Waals surface area contributed by atoms with Gasteiger partial charge in [0.1, 0.15) is 11.9 Å². The fraction of sp³-hybridized carbons (Fsp3) is 0.412. The molecule has 3 aromatic rings. The van der Waals surface area contributed by atoms with E-state index < -0.39 is 64.5 Å². The standard InChI is InChI=1S/C34H33F7N4O4S/c1-5-49-31(48)30(47)45-10-8-44(9-11-45)18-26-25(16-42)28(29(50-26)24-7-6-23(35)12-19(24)2)43-17-27(46)32(3,4)20-13-21(33(36,37)38)15-22(14-20)34(39,40)41/h6-7,12-15,43H,5,8-11,17-18H2,1-4H3. The van der Waals surface area contributed by atoms with Gasteiger partial charge in [0.2, 0.25) is 0 Å². The fourth-order valence-corrected chi connectivity index (χ4v) is 6.81. The van der Waals surface area contributed by atoms with Gasteiger partial charge in [-0.15, -0.1) is 11.3 Å². The number of carbonyl (C=O) groups excluding carboxylic acids is 3. The monoisotopic (exact) mass is 726 g/mol. The molecule has 4 rings (SSSR count). The van der Waals surface area contributed by atoms with E-state index in [1.165, 1.54) is 48.3 Å². The molecule has 0 aliphatic carbocycles. The molecule has 268 valence electrons. The molecule has 1 aliphatic heterocycles. The number of carbonyl (C=O) groups is 3. The van der Waals surface area contributed by atoms with E-state index in [9.17, 15) is 50.4 Å². The number of hydrogen-bond acceptors (Lipinski definition) is 8. The Morgan fingerprint density at radius 3 is 2.04 bits per heavy atom. The van der Waals surface area contributed by atoms with E-state index in [4.69, 9.17) is 4.74 Å². The molecule has 0 spiro atoms. The van der Waals surface area contributed by atoms with Gasteiger partial charge in [-0.3, -0.25) is 14.5 Å². The summed E-state index contributed by atoms with van der Waals surface area (Å²) in [6.07, 6.45) is -10.2. The van der Waals surface area contributed by atoms with E-state index in [1.54, 1.807) is 13.8 Å². The summed E-state index contributed by atoms with van der Waals surface area (Å²) in [6, 6.07) is 7.16. The summed E-state index contributed by atoms with van der Waals surface area (Å²) in [7, 11) is 0. The Labute approximate surface area is 287 Å². The number of Topliss-reactive ketones (excluding diaryl/α,β-unsaturated/α-hetero) is 1. The molecular weight excluding hydrogens is 693 g/mol. The third kappa shape index (κ3) is 8.44. The second-order valence-electron chi connectivity index (χ2n) is 12.2. The lowest BCUT2D eigenvalue weighted by Gasteiger charge is -2.33. The van der Waals surface area contributed by atoms with Gasteiger partial charge in [-0.2, -0.15) is 31.6 Å². The zero-order chi connectivity index (χ0) is 37.2. The quantitative estimate of drug-likeness (QED) is 0.145. The molecule has 50 heavy (non-hydrogen) atoms. The van der Waals surface area contributed by atoms with Gasteiger partial charge in [-0.25, -0.2) is 9.18 Å². The lowest BCUT2D eigenvalue weighted by atomic mass is 9.79. The van der Waals surface area contributed by atoms with Crippen LogP contribution in [-0.4, -0.2) is 66.8 Å². The summed E-state index contributed by atoms with van der Waals surface area (Å²) in [5.74, 6) is -2.98. The highest BCUT2D eigenvalue weighted by Gasteiger charge is 2.40. The van der Waals surface area contributed by atoms with Gasteiger partial charge in [-0.05, 0) is 74.7 Å². The third-order valence-corrected chi connectivity index (χ3v) is 9.64. The number of thiophene rings is 1. The molecule has 0 radical (unpaired) electrons. The Morgan fingerprint density at radius 1 is 0.940 bits per heavy atom. The van der Waals surface area contributed by atoms with Gasteiger partial charge >= 0.3 is 24.2 Å². The highest BCUT2D eigenvalue weighted by atomic mass is 32.1. The molecule has 0 unspecified atom stereocenters. The van der Waals surface area contributed by atoms with Crippen molar-refractivity contribution in [1.29, 1.82) is 5.26 Å². The van der Waals surface area contributed by atoms with E-state index >= 15 is 0 Å². The van der Waals surface area contributed by atoms with Gasteiger partial charge in [0.15, 0.2) is 5.78 Å². The molecular formula is C34H33F7N4O4S. The Hall–Kier alpha value is -4.49. The Kier molecular flexibility index (Phi) is 11.3. The Bertz CT molecular complexity index is 1790. The number of nitriles is 1. The van der Waals surface area contributed by atoms with Gasteiger partial charge in [-0.1, -0.05) is 6.07 Å².